The number of hydrogen-bond acceptors (Lipinski definition) is 4. The smallest absolute Gasteiger partial charge is 0.370 e. The summed E-state index contributed by atoms with van der Waals surface area (Å²) in [4.78, 5) is 20.2. The quantitative estimate of drug-likeness (QED) is 0.522. The third kappa shape index (κ3) is 4.15. The van der Waals surface area contributed by atoms with Gasteiger partial charge in [0, 0.05) is 30.6 Å². The number of halogens is 3. The van der Waals surface area contributed by atoms with Gasteiger partial charge < -0.3 is 14.2 Å². The number of imidazole rings is 1. The molecule has 5 rings (SSSR count). The minimum absolute atomic E-state index is 0.0710. The van der Waals surface area contributed by atoms with Gasteiger partial charge in [-0.1, -0.05) is 6.07 Å². The van der Waals surface area contributed by atoms with E-state index in [1.807, 2.05) is 22.4 Å². The topological polar surface area (TPSA) is 47.4 Å². The molecule has 2 aliphatic heterocycles. The lowest BCUT2D eigenvalue weighted by molar-refractivity contribution is -0.137. The van der Waals surface area contributed by atoms with E-state index in [0.29, 0.717) is 43.0 Å². The Kier molecular flexibility index (Phi) is 5.71. The summed E-state index contributed by atoms with van der Waals surface area (Å²) in [6.07, 6.45) is -0.987. The first kappa shape index (κ1) is 21.5. The van der Waals surface area contributed by atoms with E-state index >= 15 is 0 Å². The average Bonchev–Trinajstić information content (AvgIpc) is 3.53. The number of nitrogens with zero attached hydrogens (tertiary/aromatic N) is 3. The molecule has 5 nitrogen and oxygen atoms in total. The number of benzene rings is 1. The molecule has 170 valence electrons. The second-order valence-electron chi connectivity index (χ2n) is 8.41. The molecule has 1 aromatic carbocycles. The van der Waals surface area contributed by atoms with Crippen molar-refractivity contribution >= 4 is 28.3 Å². The van der Waals surface area contributed by atoms with Gasteiger partial charge in [0.15, 0.2) is 0 Å². The van der Waals surface area contributed by atoms with E-state index in [1.165, 1.54) is 6.07 Å². The number of rotatable bonds is 4. The van der Waals surface area contributed by atoms with Crippen LogP contribution in [0.5, 0.6) is 0 Å². The maximum atomic E-state index is 13.2. The zero-order chi connectivity index (χ0) is 22.3. The highest BCUT2D eigenvalue weighted by atomic mass is 32.1. The van der Waals surface area contributed by atoms with Crippen molar-refractivity contribution in [3.8, 4) is 0 Å². The van der Waals surface area contributed by atoms with Gasteiger partial charge in [-0.2, -0.15) is 13.2 Å². The Bertz CT molecular complexity index is 1100. The number of hydrogen-bond donors (Lipinski definition) is 0. The molecule has 2 saturated heterocycles. The average molecular weight is 464 g/mol. The molecule has 2 aromatic heterocycles. The Morgan fingerprint density at radius 1 is 1.19 bits per heavy atom. The maximum Gasteiger partial charge on any atom is 0.416 e. The Balaban J connectivity index is 1.40. The van der Waals surface area contributed by atoms with Crippen LogP contribution in [0.4, 0.5) is 13.2 Å². The van der Waals surface area contributed by atoms with Crippen LogP contribution in [0.3, 0.4) is 0 Å². The van der Waals surface area contributed by atoms with Gasteiger partial charge in [0.25, 0.3) is 0 Å². The van der Waals surface area contributed by atoms with Crippen molar-refractivity contribution in [2.75, 3.05) is 19.7 Å². The Morgan fingerprint density at radius 2 is 2.00 bits per heavy atom. The molecule has 4 heterocycles. The fourth-order valence-electron chi connectivity index (χ4n) is 4.73. The lowest BCUT2D eigenvalue weighted by Crippen LogP contribution is -2.40. The molecule has 2 fully saturated rings. The zero-order valence-electron chi connectivity index (χ0n) is 17.5. The summed E-state index contributed by atoms with van der Waals surface area (Å²) >= 11 is 1.58. The number of aromatic nitrogens is 2. The van der Waals surface area contributed by atoms with Crippen molar-refractivity contribution in [1.82, 2.24) is 14.5 Å². The van der Waals surface area contributed by atoms with Crippen molar-refractivity contribution < 1.29 is 22.7 Å². The highest BCUT2D eigenvalue weighted by Crippen LogP contribution is 2.38. The number of ether oxygens (including phenoxy) is 1. The number of piperidine rings is 1. The summed E-state index contributed by atoms with van der Waals surface area (Å²) in [7, 11) is 0. The molecule has 0 unspecified atom stereocenters. The molecule has 32 heavy (non-hydrogen) atoms. The largest absolute Gasteiger partial charge is 0.416 e. The van der Waals surface area contributed by atoms with Crippen LogP contribution in [0, 0.1) is 0 Å². The monoisotopic (exact) mass is 463 g/mol. The summed E-state index contributed by atoms with van der Waals surface area (Å²) in [5.74, 6) is 0.829. The van der Waals surface area contributed by atoms with Crippen LogP contribution in [-0.2, 0) is 22.1 Å². The Hall–Kier alpha value is -2.39. The van der Waals surface area contributed by atoms with Gasteiger partial charge in [0.2, 0.25) is 5.91 Å². The highest BCUT2D eigenvalue weighted by molar-refractivity contribution is 7.10. The normalized spacial score (nSPS) is 20.3. The van der Waals surface area contributed by atoms with Gasteiger partial charge in [-0.25, -0.2) is 4.98 Å². The fourth-order valence-corrected chi connectivity index (χ4v) is 5.43. The van der Waals surface area contributed by atoms with Crippen molar-refractivity contribution in [3.63, 3.8) is 0 Å². The maximum absolute atomic E-state index is 13.2. The molecule has 1 amide bonds. The fraction of sp³-hybridized carbons (Fsp3) is 0.478. The van der Waals surface area contributed by atoms with Gasteiger partial charge >= 0.3 is 6.18 Å². The Morgan fingerprint density at radius 3 is 2.66 bits per heavy atom. The molecule has 0 spiro atoms. The van der Waals surface area contributed by atoms with Crippen LogP contribution < -0.4 is 0 Å². The van der Waals surface area contributed by atoms with E-state index in [0.717, 1.165) is 42.7 Å². The summed E-state index contributed by atoms with van der Waals surface area (Å²) < 4.78 is 47.6. The third-order valence-corrected chi connectivity index (χ3v) is 7.23. The molecule has 0 N–H and O–H groups in total. The Labute approximate surface area is 187 Å². The molecule has 0 radical (unpaired) electrons. The first-order valence-corrected chi connectivity index (χ1v) is 11.8. The number of likely N-dealkylation sites (tertiary alicyclic amines) is 1. The minimum atomic E-state index is -4.41. The molecular weight excluding hydrogens is 439 g/mol. The van der Waals surface area contributed by atoms with Crippen LogP contribution in [0.15, 0.2) is 35.7 Å². The van der Waals surface area contributed by atoms with Gasteiger partial charge in [-0.15, -0.1) is 11.3 Å². The van der Waals surface area contributed by atoms with Crippen LogP contribution in [0.2, 0.25) is 0 Å². The van der Waals surface area contributed by atoms with E-state index in [9.17, 15) is 18.0 Å². The predicted molar refractivity (Wildman–Crippen MR) is 116 cm³/mol. The molecular formula is C23H24F3N3O2S. The molecule has 1 atom stereocenters. The summed E-state index contributed by atoms with van der Waals surface area (Å²) in [5.41, 5.74) is 0.357. The van der Waals surface area contributed by atoms with Gasteiger partial charge in [-0.3, -0.25) is 4.79 Å². The second kappa shape index (κ2) is 8.51. The standard InChI is InChI=1S/C23H24F3N3O2S/c24-23(25,26)15-5-6-19-18(13-15)27-22(20-4-1-11-31-20)29(19)16-7-9-28(10-8-16)21(30)14-17-3-2-12-32-17/h2-3,5-6,12-13,16,20H,1,4,7-11,14H2/t20-/m1/s1. The molecule has 2 aliphatic rings. The first-order valence-electron chi connectivity index (χ1n) is 10.9. The van der Waals surface area contributed by atoms with Crippen molar-refractivity contribution in [2.24, 2.45) is 0 Å². The van der Waals surface area contributed by atoms with Crippen molar-refractivity contribution in [1.29, 1.82) is 0 Å². The van der Waals surface area contributed by atoms with E-state index in [2.05, 4.69) is 9.55 Å². The minimum Gasteiger partial charge on any atom is -0.370 e. The van der Waals surface area contributed by atoms with Gasteiger partial charge in [0.1, 0.15) is 11.9 Å². The summed E-state index contributed by atoms with van der Waals surface area (Å²) in [6.45, 7) is 1.89. The highest BCUT2D eigenvalue weighted by Gasteiger charge is 2.34. The van der Waals surface area contributed by atoms with E-state index in [-0.39, 0.29) is 18.1 Å². The molecule has 9 heteroatoms. The molecule has 0 saturated carbocycles. The number of thiophene rings is 1. The van der Waals surface area contributed by atoms with E-state index < -0.39 is 11.7 Å². The SMILES string of the molecule is O=C(Cc1cccs1)N1CCC(n2c([C@H]3CCCO3)nc3cc(C(F)(F)F)ccc32)CC1. The molecule has 3 aromatic rings. The number of carbonyl (C=O) groups is 1. The van der Waals surface area contributed by atoms with Crippen LogP contribution in [-0.4, -0.2) is 40.1 Å². The summed E-state index contributed by atoms with van der Waals surface area (Å²) in [5, 5.41) is 1.97. The van der Waals surface area contributed by atoms with Crippen LogP contribution >= 0.6 is 11.3 Å². The molecule has 0 bridgehead atoms. The second-order valence-corrected chi connectivity index (χ2v) is 9.44. The zero-order valence-corrected chi connectivity index (χ0v) is 18.3. The lowest BCUT2D eigenvalue weighted by Gasteiger charge is -2.34. The third-order valence-electron chi connectivity index (χ3n) is 6.35. The van der Waals surface area contributed by atoms with Gasteiger partial charge in [-0.05, 0) is 55.3 Å². The van der Waals surface area contributed by atoms with Crippen LogP contribution in [0.25, 0.3) is 11.0 Å². The number of alkyl halides is 3. The molecule has 0 aliphatic carbocycles. The predicted octanol–water partition coefficient (Wildman–Crippen LogP) is 5.37. The van der Waals surface area contributed by atoms with Gasteiger partial charge in [0.05, 0.1) is 23.0 Å². The number of carbonyl (C=O) groups excluding carboxylic acids is 1. The lowest BCUT2D eigenvalue weighted by atomic mass is 10.0. The van der Waals surface area contributed by atoms with Crippen LogP contribution in [0.1, 0.15) is 54.1 Å². The first-order chi connectivity index (χ1) is 15.4. The number of amides is 1. The van der Waals surface area contributed by atoms with E-state index in [1.54, 1.807) is 11.3 Å². The van der Waals surface area contributed by atoms with E-state index in [4.69, 9.17) is 4.74 Å². The van der Waals surface area contributed by atoms with Crippen molar-refractivity contribution in [3.05, 3.63) is 52.0 Å². The summed E-state index contributed by atoms with van der Waals surface area (Å²) in [6, 6.07) is 7.76. The van der Waals surface area contributed by atoms with Crippen molar-refractivity contribution in [2.45, 2.75) is 50.4 Å². The number of fused-ring (bicyclic) bond motifs is 1.